The molecule has 0 aromatic heterocycles. The van der Waals surface area contributed by atoms with Crippen LogP contribution in [-0.2, 0) is 0 Å². The summed E-state index contributed by atoms with van der Waals surface area (Å²) in [5.74, 6) is 0. The zero-order valence-electron chi connectivity index (χ0n) is 10.3. The predicted octanol–water partition coefficient (Wildman–Crippen LogP) is 3.26. The molecule has 0 radical (unpaired) electrons. The Bertz CT molecular complexity index is 213. The van der Waals surface area contributed by atoms with Crippen LogP contribution in [0.25, 0.3) is 0 Å². The van der Waals surface area contributed by atoms with E-state index in [9.17, 15) is 0 Å². The summed E-state index contributed by atoms with van der Waals surface area (Å²) in [6, 6.07) is 2.85. The Hall–Kier alpha value is -0.810. The van der Waals surface area contributed by atoms with Crippen LogP contribution >= 0.6 is 0 Å². The third-order valence-corrected chi connectivity index (χ3v) is 2.54. The molecular weight excluding hydrogens is 184 g/mol. The van der Waals surface area contributed by atoms with Crippen molar-refractivity contribution in [2.24, 2.45) is 5.41 Å². The van der Waals surface area contributed by atoms with Crippen LogP contribution in [0.1, 0.15) is 46.5 Å². The lowest BCUT2D eigenvalue weighted by atomic mass is 9.89. The van der Waals surface area contributed by atoms with Gasteiger partial charge in [0.15, 0.2) is 0 Å². The van der Waals surface area contributed by atoms with E-state index in [4.69, 9.17) is 5.26 Å². The summed E-state index contributed by atoms with van der Waals surface area (Å²) in [4.78, 5) is 0. The summed E-state index contributed by atoms with van der Waals surface area (Å²) in [5.41, 5.74) is -0.160. The van der Waals surface area contributed by atoms with E-state index in [2.05, 4.69) is 24.9 Å². The lowest BCUT2D eigenvalue weighted by Gasteiger charge is -2.15. The third-order valence-electron chi connectivity index (χ3n) is 2.54. The fraction of sp³-hybridized carbons (Fsp3) is 0.769. The Balaban J connectivity index is 3.40. The van der Waals surface area contributed by atoms with Crippen molar-refractivity contribution in [2.45, 2.75) is 52.5 Å². The molecule has 86 valence electrons. The number of rotatable bonds is 8. The van der Waals surface area contributed by atoms with Gasteiger partial charge in [-0.25, -0.2) is 0 Å². The first-order chi connectivity index (χ1) is 7.02. The summed E-state index contributed by atoms with van der Waals surface area (Å²) < 4.78 is 0. The average Bonchev–Trinajstić information content (AvgIpc) is 2.17. The van der Waals surface area contributed by atoms with Gasteiger partial charge in [-0.05, 0) is 46.6 Å². The highest BCUT2D eigenvalue weighted by atomic mass is 14.9. The average molecular weight is 208 g/mol. The highest BCUT2D eigenvalue weighted by Gasteiger charge is 2.15. The largest absolute Gasteiger partial charge is 0.314 e. The predicted molar refractivity (Wildman–Crippen MR) is 65.5 cm³/mol. The first kappa shape index (κ1) is 14.2. The van der Waals surface area contributed by atoms with Crippen LogP contribution in [0.15, 0.2) is 12.7 Å². The molecule has 0 saturated carbocycles. The van der Waals surface area contributed by atoms with Crippen molar-refractivity contribution >= 4 is 0 Å². The van der Waals surface area contributed by atoms with E-state index >= 15 is 0 Å². The number of nitrogens with one attached hydrogen (secondary N) is 1. The molecule has 0 aliphatic rings. The summed E-state index contributed by atoms with van der Waals surface area (Å²) in [6.45, 7) is 10.9. The lowest BCUT2D eigenvalue weighted by Crippen LogP contribution is -2.26. The van der Waals surface area contributed by atoms with Gasteiger partial charge in [-0.2, -0.15) is 5.26 Å². The Labute approximate surface area is 94.4 Å². The highest BCUT2D eigenvalue weighted by molar-refractivity contribution is 4.91. The molecule has 0 rings (SSSR count). The summed E-state index contributed by atoms with van der Waals surface area (Å²) in [7, 11) is 0. The van der Waals surface area contributed by atoms with Crippen LogP contribution < -0.4 is 5.32 Å². The topological polar surface area (TPSA) is 35.8 Å². The molecule has 1 unspecified atom stereocenters. The molecule has 1 atom stereocenters. The minimum absolute atomic E-state index is 0.160. The Morgan fingerprint density at radius 1 is 1.47 bits per heavy atom. The van der Waals surface area contributed by atoms with Crippen LogP contribution in [-0.4, -0.2) is 12.6 Å². The zero-order chi connectivity index (χ0) is 11.7. The number of hydrogen-bond donors (Lipinski definition) is 1. The van der Waals surface area contributed by atoms with Crippen LogP contribution in [0.2, 0.25) is 0 Å². The number of hydrogen-bond acceptors (Lipinski definition) is 2. The van der Waals surface area contributed by atoms with E-state index < -0.39 is 0 Å². The monoisotopic (exact) mass is 208 g/mol. The molecule has 0 aliphatic carbocycles. The summed E-state index contributed by atoms with van der Waals surface area (Å²) >= 11 is 0. The smallest absolute Gasteiger partial charge is 0.0683 e. The van der Waals surface area contributed by atoms with Gasteiger partial charge in [-0.1, -0.05) is 12.5 Å². The lowest BCUT2D eigenvalue weighted by molar-refractivity contribution is 0.417. The van der Waals surface area contributed by atoms with Gasteiger partial charge in [0.1, 0.15) is 0 Å². The van der Waals surface area contributed by atoms with Crippen molar-refractivity contribution in [1.82, 2.24) is 5.32 Å². The van der Waals surface area contributed by atoms with Crippen LogP contribution in [0, 0.1) is 16.7 Å². The van der Waals surface area contributed by atoms with E-state index in [-0.39, 0.29) is 5.41 Å². The molecule has 0 aromatic carbocycles. The maximum atomic E-state index is 8.83. The van der Waals surface area contributed by atoms with Gasteiger partial charge >= 0.3 is 0 Å². The molecule has 0 aliphatic heterocycles. The number of unbranched alkanes of at least 4 members (excludes halogenated alkanes) is 1. The van der Waals surface area contributed by atoms with Crippen LogP contribution in [0.5, 0.6) is 0 Å². The second-order valence-corrected chi connectivity index (χ2v) is 4.83. The Kier molecular flexibility index (Phi) is 7.07. The molecule has 2 heteroatoms. The van der Waals surface area contributed by atoms with Crippen molar-refractivity contribution in [1.29, 1.82) is 5.26 Å². The molecular formula is C13H24N2. The second kappa shape index (κ2) is 7.48. The summed E-state index contributed by atoms with van der Waals surface area (Å²) in [6.07, 6.45) is 6.21. The maximum Gasteiger partial charge on any atom is 0.0683 e. The Morgan fingerprint density at radius 3 is 2.67 bits per heavy atom. The first-order valence-electron chi connectivity index (χ1n) is 5.77. The molecule has 0 bridgehead atoms. The maximum absolute atomic E-state index is 8.83. The van der Waals surface area contributed by atoms with Crippen molar-refractivity contribution in [3.63, 3.8) is 0 Å². The third kappa shape index (κ3) is 8.20. The van der Waals surface area contributed by atoms with Crippen molar-refractivity contribution < 1.29 is 0 Å². The molecule has 1 N–H and O–H groups in total. The van der Waals surface area contributed by atoms with E-state index in [0.29, 0.717) is 6.04 Å². The van der Waals surface area contributed by atoms with Gasteiger partial charge in [0.25, 0.3) is 0 Å². The zero-order valence-corrected chi connectivity index (χ0v) is 10.3. The number of nitriles is 1. The standard InChI is InChI=1S/C13H24N2/c1-5-8-12(2)15-10-7-6-9-13(3,4)11-14/h5,12,15H,1,6-10H2,2-4H3. The van der Waals surface area contributed by atoms with Crippen molar-refractivity contribution in [2.75, 3.05) is 6.54 Å². The minimum Gasteiger partial charge on any atom is -0.314 e. The van der Waals surface area contributed by atoms with Gasteiger partial charge in [0.2, 0.25) is 0 Å². The van der Waals surface area contributed by atoms with Crippen molar-refractivity contribution in [3.8, 4) is 6.07 Å². The molecule has 15 heavy (non-hydrogen) atoms. The van der Waals surface area contributed by atoms with Gasteiger partial charge in [0.05, 0.1) is 11.5 Å². The molecule has 2 nitrogen and oxygen atoms in total. The highest BCUT2D eigenvalue weighted by Crippen LogP contribution is 2.21. The fourth-order valence-corrected chi connectivity index (χ4v) is 1.43. The van der Waals surface area contributed by atoms with Crippen molar-refractivity contribution in [3.05, 3.63) is 12.7 Å². The quantitative estimate of drug-likeness (QED) is 0.491. The second-order valence-electron chi connectivity index (χ2n) is 4.83. The van der Waals surface area contributed by atoms with Gasteiger partial charge in [-0.3, -0.25) is 0 Å². The summed E-state index contributed by atoms with van der Waals surface area (Å²) in [5, 5.41) is 12.3. The van der Waals surface area contributed by atoms with E-state index in [1.54, 1.807) is 0 Å². The van der Waals surface area contributed by atoms with Gasteiger partial charge in [-0.15, -0.1) is 6.58 Å². The minimum atomic E-state index is -0.160. The molecule has 0 spiro atoms. The van der Waals surface area contributed by atoms with Crippen LogP contribution in [0.3, 0.4) is 0 Å². The first-order valence-corrected chi connectivity index (χ1v) is 5.77. The Morgan fingerprint density at radius 2 is 2.13 bits per heavy atom. The van der Waals surface area contributed by atoms with Crippen LogP contribution in [0.4, 0.5) is 0 Å². The van der Waals surface area contributed by atoms with Gasteiger partial charge < -0.3 is 5.32 Å². The molecule has 0 saturated heterocycles. The van der Waals surface area contributed by atoms with E-state index in [1.165, 1.54) is 0 Å². The normalized spacial score (nSPS) is 13.2. The van der Waals surface area contributed by atoms with Gasteiger partial charge in [0, 0.05) is 6.04 Å². The molecule has 0 aromatic rings. The molecule has 0 amide bonds. The van der Waals surface area contributed by atoms with E-state index in [1.807, 2.05) is 19.9 Å². The SMILES string of the molecule is C=CCC(C)NCCCCC(C)(C)C#N. The fourth-order valence-electron chi connectivity index (χ4n) is 1.43. The van der Waals surface area contributed by atoms with E-state index in [0.717, 1.165) is 32.2 Å². The molecule has 0 fully saturated rings. The number of nitrogens with zero attached hydrogens (tertiary/aromatic N) is 1. The molecule has 0 heterocycles.